The number of benzene rings is 9. The Morgan fingerprint density at radius 2 is 0.983 bits per heavy atom. The van der Waals surface area contributed by atoms with Crippen molar-refractivity contribution in [2.75, 3.05) is 0 Å². The molecule has 3 aromatic heterocycles. The van der Waals surface area contributed by atoms with E-state index in [0.717, 1.165) is 5.69 Å². The van der Waals surface area contributed by atoms with Gasteiger partial charge in [0.15, 0.2) is 0 Å². The second kappa shape index (κ2) is 12.4. The topological polar surface area (TPSA) is 9.86 Å². The van der Waals surface area contributed by atoms with Crippen LogP contribution in [0, 0.1) is 0 Å². The lowest BCUT2D eigenvalue weighted by molar-refractivity contribution is 0.660. The molecule has 0 bridgehead atoms. The molecule has 9 aromatic carbocycles. The molecular weight excluding hydrogens is 745 g/mol. The minimum absolute atomic E-state index is 0.0862. The molecule has 0 unspecified atom stereocenters. The zero-order valence-corrected chi connectivity index (χ0v) is 34.1. The zero-order chi connectivity index (χ0) is 39.7. The Labute approximate surface area is 351 Å². The number of hydrogen-bond donors (Lipinski definition) is 0. The third-order valence-corrected chi connectivity index (χ3v) is 14.5. The number of para-hydroxylation sites is 4. The molecule has 0 radical (unpaired) electrons. The molecule has 0 fully saturated rings. The largest absolute Gasteiger partial charge is 0.309 e. The summed E-state index contributed by atoms with van der Waals surface area (Å²) in [6.45, 7) is 4.75. The maximum atomic E-state index is 2.52. The molecule has 0 amide bonds. The van der Waals surface area contributed by atoms with E-state index in [1.54, 1.807) is 0 Å². The first-order valence-corrected chi connectivity index (χ1v) is 21.7. The third kappa shape index (κ3) is 4.64. The van der Waals surface area contributed by atoms with Crippen molar-refractivity contribution < 1.29 is 0 Å². The second-order valence-corrected chi connectivity index (χ2v) is 17.9. The second-order valence-electron chi connectivity index (χ2n) is 16.9. The molecule has 0 saturated heterocycles. The number of aromatic nitrogens is 2. The van der Waals surface area contributed by atoms with Crippen molar-refractivity contribution in [3.05, 3.63) is 205 Å². The highest BCUT2D eigenvalue weighted by Gasteiger charge is 2.35. The van der Waals surface area contributed by atoms with Gasteiger partial charge in [-0.05, 0) is 88.0 Å². The zero-order valence-electron chi connectivity index (χ0n) is 33.3. The van der Waals surface area contributed by atoms with Crippen LogP contribution in [0.2, 0.25) is 0 Å². The number of thiophene rings is 1. The van der Waals surface area contributed by atoms with Gasteiger partial charge in [-0.3, -0.25) is 0 Å². The summed E-state index contributed by atoms with van der Waals surface area (Å²) in [5.41, 5.74) is 17.5. The lowest BCUT2D eigenvalue weighted by Crippen LogP contribution is -2.14. The smallest absolute Gasteiger partial charge is 0.0619 e. The van der Waals surface area contributed by atoms with Crippen LogP contribution in [0.4, 0.5) is 0 Å². The highest BCUT2D eigenvalue weighted by Crippen LogP contribution is 2.51. The fourth-order valence-electron chi connectivity index (χ4n) is 10.5. The molecule has 0 aliphatic heterocycles. The van der Waals surface area contributed by atoms with Crippen molar-refractivity contribution in [2.24, 2.45) is 0 Å². The van der Waals surface area contributed by atoms with E-state index in [-0.39, 0.29) is 5.41 Å². The molecule has 0 saturated carbocycles. The van der Waals surface area contributed by atoms with Gasteiger partial charge in [-0.1, -0.05) is 153 Å². The summed E-state index contributed by atoms with van der Waals surface area (Å²) in [5, 5.41) is 7.62. The Morgan fingerprint density at radius 3 is 1.83 bits per heavy atom. The summed E-state index contributed by atoms with van der Waals surface area (Å²) in [6.07, 6.45) is 0. The number of rotatable bonds is 4. The van der Waals surface area contributed by atoms with Crippen molar-refractivity contribution in [2.45, 2.75) is 19.3 Å². The minimum Gasteiger partial charge on any atom is -0.309 e. The summed E-state index contributed by atoms with van der Waals surface area (Å²) in [6, 6.07) is 72.3. The van der Waals surface area contributed by atoms with Crippen LogP contribution in [0.1, 0.15) is 25.0 Å². The van der Waals surface area contributed by atoms with Crippen LogP contribution in [0.15, 0.2) is 194 Å². The Hall–Kier alpha value is -7.20. The fraction of sp³-hybridized carbons (Fsp3) is 0.0526. The van der Waals surface area contributed by atoms with E-state index < -0.39 is 0 Å². The van der Waals surface area contributed by atoms with Crippen molar-refractivity contribution in [1.82, 2.24) is 9.13 Å². The van der Waals surface area contributed by atoms with Crippen LogP contribution in [0.5, 0.6) is 0 Å². The molecule has 1 aliphatic rings. The summed E-state index contributed by atoms with van der Waals surface area (Å²) < 4.78 is 7.60. The van der Waals surface area contributed by atoms with Gasteiger partial charge in [0.1, 0.15) is 0 Å². The molecule has 0 atom stereocenters. The maximum absolute atomic E-state index is 2.52. The monoisotopic (exact) mass is 782 g/mol. The van der Waals surface area contributed by atoms with E-state index in [1.165, 1.54) is 114 Å². The van der Waals surface area contributed by atoms with E-state index in [0.29, 0.717) is 0 Å². The van der Waals surface area contributed by atoms with E-state index in [1.807, 2.05) is 11.3 Å². The molecular formula is C57H38N2S. The Morgan fingerprint density at radius 1 is 0.367 bits per heavy atom. The summed E-state index contributed by atoms with van der Waals surface area (Å²) in [4.78, 5) is 0. The van der Waals surface area contributed by atoms with Crippen molar-refractivity contribution in [1.29, 1.82) is 0 Å². The molecule has 2 nitrogen and oxygen atoms in total. The molecule has 12 aromatic rings. The van der Waals surface area contributed by atoms with Gasteiger partial charge in [0.2, 0.25) is 0 Å². The number of hydrogen-bond acceptors (Lipinski definition) is 1. The van der Waals surface area contributed by atoms with Gasteiger partial charge < -0.3 is 9.13 Å². The molecule has 3 heterocycles. The SMILES string of the molecule is CC1(C)c2ccccc2-c2ccc(-c3cc(-n4c5ccccc5c5ccc(-c6cccc7c8ccccc8n(-c8ccccc8)c67)cc54)cc4c3sc3ccccc34)cc21. The Balaban J connectivity index is 1.09. The van der Waals surface area contributed by atoms with E-state index in [4.69, 9.17) is 0 Å². The lowest BCUT2D eigenvalue weighted by Gasteiger charge is -2.22. The first-order valence-electron chi connectivity index (χ1n) is 20.8. The summed E-state index contributed by atoms with van der Waals surface area (Å²) in [5.74, 6) is 0. The molecule has 60 heavy (non-hydrogen) atoms. The van der Waals surface area contributed by atoms with E-state index in [2.05, 4.69) is 217 Å². The summed E-state index contributed by atoms with van der Waals surface area (Å²) in [7, 11) is 0. The molecule has 3 heteroatoms. The van der Waals surface area contributed by atoms with Gasteiger partial charge in [-0.2, -0.15) is 0 Å². The first kappa shape index (κ1) is 33.7. The average Bonchev–Trinajstić information content (AvgIpc) is 4.01. The number of fused-ring (bicyclic) bond motifs is 12. The first-order chi connectivity index (χ1) is 29.5. The lowest BCUT2D eigenvalue weighted by atomic mass is 9.81. The van der Waals surface area contributed by atoms with Crippen LogP contribution in [0.25, 0.3) is 109 Å². The molecule has 282 valence electrons. The van der Waals surface area contributed by atoms with Crippen molar-refractivity contribution in [3.63, 3.8) is 0 Å². The minimum atomic E-state index is -0.0862. The van der Waals surface area contributed by atoms with Crippen LogP contribution >= 0.6 is 11.3 Å². The molecule has 0 N–H and O–H groups in total. The molecule has 0 spiro atoms. The van der Waals surface area contributed by atoms with Crippen LogP contribution in [0.3, 0.4) is 0 Å². The Bertz CT molecular complexity index is 3740. The van der Waals surface area contributed by atoms with Gasteiger partial charge in [0.05, 0.1) is 22.1 Å². The molecule has 13 rings (SSSR count). The number of nitrogens with zero attached hydrogens (tertiary/aromatic N) is 2. The standard InChI is InChI=1S/C57H38N2S/c1-57(2)49-23-10-6-17-40(49)41-29-27-35(31-50(41)57)47-33-38(34-48-45-20-9-13-26-54(45)60-56(47)48)58-51-24-11-7-18-42(51)44-30-28-36(32-53(44)58)39-21-14-22-46-43-19-8-12-25-52(43)59(55(39)46)37-15-4-3-5-16-37/h3-34H,1-2H3. The third-order valence-electron chi connectivity index (χ3n) is 13.3. The van der Waals surface area contributed by atoms with E-state index >= 15 is 0 Å². The highest BCUT2D eigenvalue weighted by atomic mass is 32.1. The van der Waals surface area contributed by atoms with E-state index in [9.17, 15) is 0 Å². The van der Waals surface area contributed by atoms with Crippen LogP contribution in [-0.4, -0.2) is 9.13 Å². The quantitative estimate of drug-likeness (QED) is 0.168. The van der Waals surface area contributed by atoms with Gasteiger partial charge in [-0.25, -0.2) is 0 Å². The highest BCUT2D eigenvalue weighted by molar-refractivity contribution is 7.26. The Kier molecular flexibility index (Phi) is 6.98. The van der Waals surface area contributed by atoms with Crippen LogP contribution in [-0.2, 0) is 5.41 Å². The van der Waals surface area contributed by atoms with Crippen molar-refractivity contribution >= 4 is 75.1 Å². The maximum Gasteiger partial charge on any atom is 0.0619 e. The van der Waals surface area contributed by atoms with Gasteiger partial charge in [-0.15, -0.1) is 11.3 Å². The summed E-state index contributed by atoms with van der Waals surface area (Å²) >= 11 is 1.91. The van der Waals surface area contributed by atoms with Crippen molar-refractivity contribution in [3.8, 4) is 44.8 Å². The molecule has 1 aliphatic carbocycles. The van der Waals surface area contributed by atoms with Crippen LogP contribution < -0.4 is 0 Å². The predicted molar refractivity (Wildman–Crippen MR) is 256 cm³/mol. The van der Waals surface area contributed by atoms with Gasteiger partial charge >= 0.3 is 0 Å². The normalized spacial score (nSPS) is 13.3. The predicted octanol–water partition coefficient (Wildman–Crippen LogP) is 15.9. The van der Waals surface area contributed by atoms with Gasteiger partial charge in [0.25, 0.3) is 0 Å². The fourth-order valence-corrected chi connectivity index (χ4v) is 11.8. The van der Waals surface area contributed by atoms with Gasteiger partial charge in [0, 0.05) is 69.6 Å². The average molecular weight is 783 g/mol.